The van der Waals surface area contributed by atoms with Gasteiger partial charge in [-0.25, -0.2) is 0 Å². The highest BCUT2D eigenvalue weighted by Crippen LogP contribution is 2.36. The fourth-order valence-corrected chi connectivity index (χ4v) is 3.31. The van der Waals surface area contributed by atoms with Crippen LogP contribution in [0.1, 0.15) is 59.9 Å². The minimum atomic E-state index is 0.188. The second-order valence-corrected chi connectivity index (χ2v) is 8.28. The third-order valence-electron chi connectivity index (χ3n) is 3.93. The Bertz CT molecular complexity index is 410. The van der Waals surface area contributed by atoms with Crippen molar-refractivity contribution in [1.82, 2.24) is 0 Å². The number of ether oxygens (including phenoxy) is 1. The monoisotopic (exact) mass is 308 g/mol. The molecule has 0 aliphatic rings. The number of benzene rings is 1. The molecule has 0 aliphatic heterocycles. The van der Waals surface area contributed by atoms with E-state index < -0.39 is 0 Å². The fourth-order valence-electron chi connectivity index (χ4n) is 2.94. The SMILES string of the molecule is CCC(CS)COc1ccc(C(C)(C)CC(C)(C)C)cc1. The first-order chi connectivity index (χ1) is 9.68. The predicted molar refractivity (Wildman–Crippen MR) is 96.7 cm³/mol. The summed E-state index contributed by atoms with van der Waals surface area (Å²) in [5.41, 5.74) is 1.90. The van der Waals surface area contributed by atoms with Crippen molar-refractivity contribution in [3.05, 3.63) is 29.8 Å². The van der Waals surface area contributed by atoms with Crippen LogP contribution >= 0.6 is 12.6 Å². The standard InChI is InChI=1S/C19H32OS/c1-7-15(13-21)12-20-17-10-8-16(9-11-17)19(5,6)14-18(2,3)4/h8-11,15,21H,7,12-14H2,1-6H3. The van der Waals surface area contributed by atoms with Crippen molar-refractivity contribution in [2.45, 2.75) is 59.8 Å². The van der Waals surface area contributed by atoms with E-state index in [1.807, 2.05) is 0 Å². The highest BCUT2D eigenvalue weighted by atomic mass is 32.1. The Balaban J connectivity index is 2.69. The van der Waals surface area contributed by atoms with Crippen LogP contribution < -0.4 is 4.74 Å². The van der Waals surface area contributed by atoms with Gasteiger partial charge in [0.15, 0.2) is 0 Å². The number of thiol groups is 1. The molecule has 0 aromatic heterocycles. The topological polar surface area (TPSA) is 9.23 Å². The minimum Gasteiger partial charge on any atom is -0.493 e. The molecule has 1 rings (SSSR count). The van der Waals surface area contributed by atoms with E-state index in [2.05, 4.69) is 78.4 Å². The first kappa shape index (κ1) is 18.4. The zero-order valence-electron chi connectivity index (χ0n) is 14.6. The van der Waals surface area contributed by atoms with E-state index in [1.165, 1.54) is 5.56 Å². The Hall–Kier alpha value is -0.630. The summed E-state index contributed by atoms with van der Waals surface area (Å²) in [4.78, 5) is 0. The van der Waals surface area contributed by atoms with E-state index in [0.717, 1.165) is 31.0 Å². The van der Waals surface area contributed by atoms with Crippen LogP contribution in [0.15, 0.2) is 24.3 Å². The Kier molecular flexibility index (Phi) is 6.65. The normalized spacial score (nSPS) is 14.0. The molecule has 0 saturated carbocycles. The molecule has 0 radical (unpaired) electrons. The third-order valence-corrected chi connectivity index (χ3v) is 4.45. The molecule has 1 atom stereocenters. The summed E-state index contributed by atoms with van der Waals surface area (Å²) < 4.78 is 5.87. The summed E-state index contributed by atoms with van der Waals surface area (Å²) in [5, 5.41) is 0. The Morgan fingerprint density at radius 3 is 2.05 bits per heavy atom. The number of rotatable bonds is 7. The molecule has 0 N–H and O–H groups in total. The van der Waals surface area contributed by atoms with Crippen molar-refractivity contribution >= 4 is 12.6 Å². The summed E-state index contributed by atoms with van der Waals surface area (Å²) in [6, 6.07) is 8.63. The van der Waals surface area contributed by atoms with Crippen molar-refractivity contribution in [3.63, 3.8) is 0 Å². The van der Waals surface area contributed by atoms with E-state index >= 15 is 0 Å². The average Bonchev–Trinajstić information content (AvgIpc) is 2.38. The van der Waals surface area contributed by atoms with E-state index in [0.29, 0.717) is 11.3 Å². The first-order valence-corrected chi connectivity index (χ1v) is 8.65. The van der Waals surface area contributed by atoms with Crippen LogP contribution in [-0.4, -0.2) is 12.4 Å². The van der Waals surface area contributed by atoms with Crippen LogP contribution in [0.2, 0.25) is 0 Å². The summed E-state index contributed by atoms with van der Waals surface area (Å²) in [6.45, 7) is 14.5. The van der Waals surface area contributed by atoms with E-state index in [9.17, 15) is 0 Å². The van der Waals surface area contributed by atoms with Gasteiger partial charge in [0, 0.05) is 5.92 Å². The van der Waals surface area contributed by atoms with Gasteiger partial charge in [0.25, 0.3) is 0 Å². The van der Waals surface area contributed by atoms with Crippen molar-refractivity contribution in [2.24, 2.45) is 11.3 Å². The Morgan fingerprint density at radius 2 is 1.62 bits per heavy atom. The van der Waals surface area contributed by atoms with Crippen molar-refractivity contribution in [2.75, 3.05) is 12.4 Å². The Labute approximate surface area is 136 Å². The molecule has 1 unspecified atom stereocenters. The molecule has 0 heterocycles. The summed E-state index contributed by atoms with van der Waals surface area (Å²) in [6.07, 6.45) is 2.28. The van der Waals surface area contributed by atoms with Crippen LogP contribution in [0.4, 0.5) is 0 Å². The summed E-state index contributed by atoms with van der Waals surface area (Å²) in [5.74, 6) is 2.38. The van der Waals surface area contributed by atoms with Gasteiger partial charge in [0.1, 0.15) is 5.75 Å². The summed E-state index contributed by atoms with van der Waals surface area (Å²) in [7, 11) is 0. The quantitative estimate of drug-likeness (QED) is 0.632. The highest BCUT2D eigenvalue weighted by Gasteiger charge is 2.27. The highest BCUT2D eigenvalue weighted by molar-refractivity contribution is 7.80. The number of hydrogen-bond acceptors (Lipinski definition) is 2. The third kappa shape index (κ3) is 6.34. The van der Waals surface area contributed by atoms with Crippen LogP contribution in [0.3, 0.4) is 0 Å². The van der Waals surface area contributed by atoms with Crippen LogP contribution in [-0.2, 0) is 5.41 Å². The zero-order valence-corrected chi connectivity index (χ0v) is 15.5. The molecule has 0 aliphatic carbocycles. The van der Waals surface area contributed by atoms with E-state index in [-0.39, 0.29) is 5.41 Å². The van der Waals surface area contributed by atoms with Crippen LogP contribution in [0.25, 0.3) is 0 Å². The van der Waals surface area contributed by atoms with Gasteiger partial charge in [-0.1, -0.05) is 53.7 Å². The van der Waals surface area contributed by atoms with Gasteiger partial charge in [-0.3, -0.25) is 0 Å². The fraction of sp³-hybridized carbons (Fsp3) is 0.684. The lowest BCUT2D eigenvalue weighted by atomic mass is 9.72. The predicted octanol–water partition coefficient (Wildman–Crippen LogP) is 5.74. The Morgan fingerprint density at radius 1 is 1.05 bits per heavy atom. The molecule has 0 bridgehead atoms. The van der Waals surface area contributed by atoms with Crippen molar-refractivity contribution < 1.29 is 4.74 Å². The van der Waals surface area contributed by atoms with Crippen molar-refractivity contribution in [3.8, 4) is 5.75 Å². The molecule has 0 amide bonds. The lowest BCUT2D eigenvalue weighted by molar-refractivity contribution is 0.259. The molecule has 2 heteroatoms. The largest absolute Gasteiger partial charge is 0.493 e. The average molecular weight is 309 g/mol. The van der Waals surface area contributed by atoms with E-state index in [1.54, 1.807) is 0 Å². The van der Waals surface area contributed by atoms with Gasteiger partial charge in [-0.2, -0.15) is 12.6 Å². The summed E-state index contributed by atoms with van der Waals surface area (Å²) >= 11 is 4.36. The van der Waals surface area contributed by atoms with Gasteiger partial charge in [-0.15, -0.1) is 0 Å². The van der Waals surface area contributed by atoms with Crippen LogP contribution in [0, 0.1) is 11.3 Å². The molecular formula is C19H32OS. The van der Waals surface area contributed by atoms with Gasteiger partial charge in [-0.05, 0) is 47.1 Å². The molecule has 1 aromatic carbocycles. The van der Waals surface area contributed by atoms with Crippen molar-refractivity contribution in [1.29, 1.82) is 0 Å². The molecule has 0 fully saturated rings. The molecule has 1 aromatic rings. The first-order valence-electron chi connectivity index (χ1n) is 8.02. The van der Waals surface area contributed by atoms with Gasteiger partial charge in [0.05, 0.1) is 6.61 Å². The lowest BCUT2D eigenvalue weighted by Gasteiger charge is -2.33. The maximum absolute atomic E-state index is 5.87. The minimum absolute atomic E-state index is 0.188. The molecule has 0 saturated heterocycles. The lowest BCUT2D eigenvalue weighted by Crippen LogP contribution is -2.24. The molecule has 120 valence electrons. The molecule has 21 heavy (non-hydrogen) atoms. The van der Waals surface area contributed by atoms with Crippen LogP contribution in [0.5, 0.6) is 5.75 Å². The molecule has 0 spiro atoms. The van der Waals surface area contributed by atoms with E-state index in [4.69, 9.17) is 4.74 Å². The molecule has 1 nitrogen and oxygen atoms in total. The van der Waals surface area contributed by atoms with Gasteiger partial charge >= 0.3 is 0 Å². The number of hydrogen-bond donors (Lipinski definition) is 1. The van der Waals surface area contributed by atoms with Gasteiger partial charge in [0.2, 0.25) is 0 Å². The maximum Gasteiger partial charge on any atom is 0.119 e. The smallest absolute Gasteiger partial charge is 0.119 e. The maximum atomic E-state index is 5.87. The van der Waals surface area contributed by atoms with Gasteiger partial charge < -0.3 is 4.74 Å². The zero-order chi connectivity index (χ0) is 16.1. The second kappa shape index (κ2) is 7.58. The molecular weight excluding hydrogens is 276 g/mol. The second-order valence-electron chi connectivity index (χ2n) is 7.91.